The highest BCUT2D eigenvalue weighted by atomic mass is 32.1. The summed E-state index contributed by atoms with van der Waals surface area (Å²) < 4.78 is 0. The van der Waals surface area contributed by atoms with Crippen LogP contribution in [0.2, 0.25) is 0 Å². The van der Waals surface area contributed by atoms with Crippen LogP contribution in [0.1, 0.15) is 71.5 Å². The van der Waals surface area contributed by atoms with Crippen molar-refractivity contribution in [2.45, 2.75) is 64.2 Å². The zero-order chi connectivity index (χ0) is 16.3. The Hall–Kier alpha value is -1.36. The molecule has 4 nitrogen and oxygen atoms in total. The van der Waals surface area contributed by atoms with E-state index in [4.69, 9.17) is 0 Å². The Kier molecular flexibility index (Phi) is 5.05. The molecule has 1 saturated carbocycles. The van der Waals surface area contributed by atoms with E-state index in [1.807, 2.05) is 6.07 Å². The SMILES string of the molecule is O=C(NCC1(C(=O)O)CCC1)c1cc2c(s1)CCCCCCC2. The average Bonchev–Trinajstić information content (AvgIpc) is 2.90. The minimum atomic E-state index is -0.779. The van der Waals surface area contributed by atoms with Gasteiger partial charge in [-0.1, -0.05) is 25.7 Å². The van der Waals surface area contributed by atoms with Gasteiger partial charge in [-0.2, -0.15) is 0 Å². The number of carboxylic acid groups (broad SMARTS) is 1. The van der Waals surface area contributed by atoms with Crippen LogP contribution in [0.5, 0.6) is 0 Å². The number of aryl methyl sites for hydroxylation is 2. The van der Waals surface area contributed by atoms with Crippen molar-refractivity contribution in [3.63, 3.8) is 0 Å². The smallest absolute Gasteiger partial charge is 0.311 e. The van der Waals surface area contributed by atoms with Gasteiger partial charge in [0.15, 0.2) is 0 Å². The van der Waals surface area contributed by atoms with Crippen LogP contribution in [0.15, 0.2) is 6.07 Å². The lowest BCUT2D eigenvalue weighted by Crippen LogP contribution is -2.47. The van der Waals surface area contributed by atoms with Gasteiger partial charge in [0.2, 0.25) is 0 Å². The third-order valence-corrected chi connectivity index (χ3v) is 6.56. The van der Waals surface area contributed by atoms with Gasteiger partial charge in [-0.15, -0.1) is 11.3 Å². The molecule has 1 heterocycles. The van der Waals surface area contributed by atoms with Crippen LogP contribution in [0, 0.1) is 5.41 Å². The van der Waals surface area contributed by atoms with Gasteiger partial charge in [0.05, 0.1) is 10.3 Å². The van der Waals surface area contributed by atoms with Gasteiger partial charge < -0.3 is 10.4 Å². The molecule has 0 saturated heterocycles. The molecule has 5 heteroatoms. The first-order chi connectivity index (χ1) is 11.1. The third-order valence-electron chi connectivity index (χ3n) is 5.32. The molecule has 126 valence electrons. The van der Waals surface area contributed by atoms with E-state index in [-0.39, 0.29) is 12.5 Å². The molecule has 23 heavy (non-hydrogen) atoms. The Morgan fingerprint density at radius 3 is 2.43 bits per heavy atom. The molecule has 0 spiro atoms. The number of hydrogen-bond acceptors (Lipinski definition) is 3. The number of amides is 1. The number of aliphatic carboxylic acids is 1. The molecule has 1 amide bonds. The Morgan fingerprint density at radius 2 is 1.78 bits per heavy atom. The third kappa shape index (κ3) is 3.60. The molecule has 3 rings (SSSR count). The van der Waals surface area contributed by atoms with Crippen LogP contribution in [-0.2, 0) is 17.6 Å². The summed E-state index contributed by atoms with van der Waals surface area (Å²) in [5.41, 5.74) is 0.609. The summed E-state index contributed by atoms with van der Waals surface area (Å²) >= 11 is 1.60. The van der Waals surface area contributed by atoms with Gasteiger partial charge in [0.25, 0.3) is 5.91 Å². The quantitative estimate of drug-likeness (QED) is 0.880. The molecule has 0 unspecified atom stereocenters. The molecule has 0 aliphatic heterocycles. The highest BCUT2D eigenvalue weighted by Crippen LogP contribution is 2.40. The molecular formula is C18H25NO3S. The lowest BCUT2D eigenvalue weighted by atomic mass is 9.69. The fourth-order valence-electron chi connectivity index (χ4n) is 3.54. The largest absolute Gasteiger partial charge is 0.481 e. The van der Waals surface area contributed by atoms with Crippen molar-refractivity contribution < 1.29 is 14.7 Å². The highest BCUT2D eigenvalue weighted by molar-refractivity contribution is 7.14. The Morgan fingerprint density at radius 1 is 1.09 bits per heavy atom. The van der Waals surface area contributed by atoms with Gasteiger partial charge in [-0.25, -0.2) is 0 Å². The number of fused-ring (bicyclic) bond motifs is 1. The summed E-state index contributed by atoms with van der Waals surface area (Å²) in [6.45, 7) is 0.254. The maximum Gasteiger partial charge on any atom is 0.311 e. The van der Waals surface area contributed by atoms with Crippen molar-refractivity contribution in [1.29, 1.82) is 0 Å². The fourth-order valence-corrected chi connectivity index (χ4v) is 4.71. The molecule has 0 radical (unpaired) electrons. The van der Waals surface area contributed by atoms with E-state index in [2.05, 4.69) is 5.32 Å². The molecule has 2 aliphatic rings. The minimum absolute atomic E-state index is 0.105. The molecule has 0 aromatic carbocycles. The van der Waals surface area contributed by atoms with Crippen LogP contribution in [0.25, 0.3) is 0 Å². The molecular weight excluding hydrogens is 310 g/mol. The van der Waals surface area contributed by atoms with Gasteiger partial charge >= 0.3 is 5.97 Å². The number of nitrogens with one attached hydrogen (secondary N) is 1. The summed E-state index contributed by atoms with van der Waals surface area (Å²) in [6.07, 6.45) is 10.7. The second kappa shape index (κ2) is 7.04. The molecule has 0 atom stereocenters. The molecule has 1 aromatic rings. The van der Waals surface area contributed by atoms with Gasteiger partial charge in [-0.05, 0) is 50.2 Å². The maximum atomic E-state index is 12.4. The van der Waals surface area contributed by atoms with Gasteiger partial charge in [0, 0.05) is 11.4 Å². The van der Waals surface area contributed by atoms with Crippen LogP contribution >= 0.6 is 11.3 Å². The fraction of sp³-hybridized carbons (Fsp3) is 0.667. The van der Waals surface area contributed by atoms with Crippen molar-refractivity contribution in [1.82, 2.24) is 5.32 Å². The Labute approximate surface area is 141 Å². The zero-order valence-corrected chi connectivity index (χ0v) is 14.3. The highest BCUT2D eigenvalue weighted by Gasteiger charge is 2.44. The first-order valence-corrected chi connectivity index (χ1v) is 9.56. The van der Waals surface area contributed by atoms with Crippen molar-refractivity contribution in [2.75, 3.05) is 6.54 Å². The lowest BCUT2D eigenvalue weighted by molar-refractivity contribution is -0.153. The molecule has 1 fully saturated rings. The van der Waals surface area contributed by atoms with Crippen molar-refractivity contribution >= 4 is 23.2 Å². The van der Waals surface area contributed by atoms with E-state index in [1.54, 1.807) is 11.3 Å². The summed E-state index contributed by atoms with van der Waals surface area (Å²) in [4.78, 5) is 25.9. The van der Waals surface area contributed by atoms with Crippen LogP contribution < -0.4 is 5.32 Å². The number of hydrogen-bond donors (Lipinski definition) is 2. The van der Waals surface area contributed by atoms with Crippen LogP contribution in [0.4, 0.5) is 0 Å². The van der Waals surface area contributed by atoms with Crippen molar-refractivity contribution in [3.05, 3.63) is 21.4 Å². The number of carbonyl (C=O) groups excluding carboxylic acids is 1. The van der Waals surface area contributed by atoms with Crippen molar-refractivity contribution in [2.24, 2.45) is 5.41 Å². The molecule has 2 aliphatic carbocycles. The minimum Gasteiger partial charge on any atom is -0.481 e. The van der Waals surface area contributed by atoms with E-state index in [0.29, 0.717) is 12.8 Å². The normalized spacial score (nSPS) is 20.3. The monoisotopic (exact) mass is 335 g/mol. The number of thiophene rings is 1. The maximum absolute atomic E-state index is 12.4. The standard InChI is InChI=1S/C18H25NO3S/c20-16(19-12-18(17(21)22)9-6-10-18)15-11-13-7-4-2-1-3-5-8-14(13)23-15/h11H,1-10,12H2,(H,19,20)(H,21,22). The molecule has 2 N–H and O–H groups in total. The summed E-state index contributed by atoms with van der Waals surface area (Å²) in [6, 6.07) is 2.04. The van der Waals surface area contributed by atoms with Crippen LogP contribution in [0.3, 0.4) is 0 Å². The Bertz CT molecular complexity index is 564. The van der Waals surface area contributed by atoms with Gasteiger partial charge in [0.1, 0.15) is 0 Å². The molecule has 1 aromatic heterocycles. The number of rotatable bonds is 4. The predicted octanol–water partition coefficient (Wildman–Crippen LogP) is 3.78. The van der Waals surface area contributed by atoms with E-state index in [9.17, 15) is 14.7 Å². The second-order valence-corrected chi connectivity index (χ2v) is 8.09. The van der Waals surface area contributed by atoms with E-state index in [1.165, 1.54) is 42.5 Å². The van der Waals surface area contributed by atoms with Crippen LogP contribution in [-0.4, -0.2) is 23.5 Å². The van der Waals surface area contributed by atoms with E-state index in [0.717, 1.165) is 24.1 Å². The summed E-state index contributed by atoms with van der Waals surface area (Å²) in [5.74, 6) is -0.883. The number of carboxylic acids is 1. The van der Waals surface area contributed by atoms with E-state index >= 15 is 0 Å². The lowest BCUT2D eigenvalue weighted by Gasteiger charge is -2.37. The van der Waals surface area contributed by atoms with Gasteiger partial charge in [-0.3, -0.25) is 9.59 Å². The predicted molar refractivity (Wildman–Crippen MR) is 91.1 cm³/mol. The summed E-state index contributed by atoms with van der Waals surface area (Å²) in [7, 11) is 0. The first kappa shape index (κ1) is 16.5. The van der Waals surface area contributed by atoms with E-state index < -0.39 is 11.4 Å². The zero-order valence-electron chi connectivity index (χ0n) is 13.5. The van der Waals surface area contributed by atoms with Crippen molar-refractivity contribution in [3.8, 4) is 0 Å². The first-order valence-electron chi connectivity index (χ1n) is 8.74. The number of carbonyl (C=O) groups is 2. The topological polar surface area (TPSA) is 66.4 Å². The summed E-state index contributed by atoms with van der Waals surface area (Å²) in [5, 5.41) is 12.2. The Balaban J connectivity index is 1.64. The average molecular weight is 335 g/mol. The molecule has 0 bridgehead atoms. The second-order valence-electron chi connectivity index (χ2n) is 6.95.